The third-order valence-electron chi connectivity index (χ3n) is 6.33. The zero-order chi connectivity index (χ0) is 22.7. The van der Waals surface area contributed by atoms with Gasteiger partial charge < -0.3 is 16.0 Å². The molecule has 4 rings (SSSR count). The van der Waals surface area contributed by atoms with Gasteiger partial charge in [-0.2, -0.15) is 0 Å². The van der Waals surface area contributed by atoms with Crippen LogP contribution in [0.25, 0.3) is 0 Å². The Balaban J connectivity index is 1.53. The maximum absolute atomic E-state index is 12.9. The zero-order valence-corrected chi connectivity index (χ0v) is 18.0. The Morgan fingerprint density at radius 3 is 2.44 bits per heavy atom. The minimum atomic E-state index is -0.319. The fourth-order valence-electron chi connectivity index (χ4n) is 4.50. The normalized spacial score (nSPS) is 20.9. The van der Waals surface area contributed by atoms with E-state index < -0.39 is 0 Å². The average Bonchev–Trinajstić information content (AvgIpc) is 3.19. The highest BCUT2D eigenvalue weighted by molar-refractivity contribution is 6.00. The van der Waals surface area contributed by atoms with Crippen molar-refractivity contribution in [1.82, 2.24) is 9.80 Å². The van der Waals surface area contributed by atoms with E-state index in [9.17, 15) is 14.4 Å². The van der Waals surface area contributed by atoms with Crippen molar-refractivity contribution in [3.63, 3.8) is 0 Å². The first-order valence-corrected chi connectivity index (χ1v) is 10.9. The van der Waals surface area contributed by atoms with Crippen molar-refractivity contribution in [3.8, 4) is 0 Å². The van der Waals surface area contributed by atoms with Gasteiger partial charge in [0.05, 0.1) is 13.0 Å². The predicted molar refractivity (Wildman–Crippen MR) is 123 cm³/mol. The van der Waals surface area contributed by atoms with Crippen LogP contribution in [0.4, 0.5) is 11.4 Å². The standard InChI is InChI=1S/C24H27N5O3/c25-23(26)17-5-3-6-18(15-17)24(32)27-16-29(14-4-8-22(29)31)20-11-9-19(10-12-20)28-13-2-1-7-21(28)30/h3,5-6,9-12,15H,1-2,4,7-8,13-14,16H2,(H3-,25,26,27,32)/p+1. The zero-order valence-electron chi connectivity index (χ0n) is 18.0. The number of piperidine rings is 1. The van der Waals surface area contributed by atoms with Crippen LogP contribution >= 0.6 is 0 Å². The molecule has 1 atom stereocenters. The van der Waals surface area contributed by atoms with Crippen molar-refractivity contribution in [2.75, 3.05) is 24.7 Å². The van der Waals surface area contributed by atoms with Gasteiger partial charge in [-0.15, -0.1) is 0 Å². The van der Waals surface area contributed by atoms with Crippen LogP contribution in [0.15, 0.2) is 48.5 Å². The lowest BCUT2D eigenvalue weighted by Gasteiger charge is -2.32. The maximum atomic E-state index is 12.9. The van der Waals surface area contributed by atoms with E-state index in [4.69, 9.17) is 11.1 Å². The number of amides is 3. The molecule has 8 heteroatoms. The molecule has 2 aliphatic rings. The fourth-order valence-corrected chi connectivity index (χ4v) is 4.50. The Morgan fingerprint density at radius 1 is 1.03 bits per heavy atom. The number of hydrogen-bond donors (Lipinski definition) is 3. The highest BCUT2D eigenvalue weighted by Gasteiger charge is 2.43. The average molecular weight is 435 g/mol. The smallest absolute Gasteiger partial charge is 0.320 e. The topological polar surface area (TPSA) is 116 Å². The second-order valence-electron chi connectivity index (χ2n) is 8.37. The molecule has 2 aromatic rings. The number of amidine groups is 1. The molecule has 2 fully saturated rings. The van der Waals surface area contributed by atoms with Crippen LogP contribution in [0.2, 0.25) is 0 Å². The highest BCUT2D eigenvalue weighted by atomic mass is 16.2. The number of nitrogens with one attached hydrogen (secondary N) is 2. The molecule has 2 aliphatic heterocycles. The summed E-state index contributed by atoms with van der Waals surface area (Å²) in [5.74, 6) is -0.235. The third-order valence-corrected chi connectivity index (χ3v) is 6.33. The fraction of sp³-hybridized carbons (Fsp3) is 0.333. The maximum Gasteiger partial charge on any atom is 0.320 e. The van der Waals surface area contributed by atoms with Crippen molar-refractivity contribution < 1.29 is 14.4 Å². The number of carbonyl (C=O) groups excluding carboxylic acids is 3. The molecule has 1 unspecified atom stereocenters. The van der Waals surface area contributed by atoms with Gasteiger partial charge in [0.15, 0.2) is 6.67 Å². The van der Waals surface area contributed by atoms with Crippen molar-refractivity contribution in [3.05, 3.63) is 59.7 Å². The van der Waals surface area contributed by atoms with E-state index in [0.29, 0.717) is 37.1 Å². The lowest BCUT2D eigenvalue weighted by atomic mass is 10.1. The molecule has 0 aromatic heterocycles. The first-order valence-electron chi connectivity index (χ1n) is 10.9. The van der Waals surface area contributed by atoms with Crippen LogP contribution in [0, 0.1) is 5.41 Å². The minimum Gasteiger partial charge on any atom is -0.384 e. The second kappa shape index (κ2) is 8.92. The van der Waals surface area contributed by atoms with E-state index >= 15 is 0 Å². The number of hydrogen-bond acceptors (Lipinski definition) is 4. The Labute approximate surface area is 187 Å². The molecule has 0 spiro atoms. The number of benzene rings is 2. The van der Waals surface area contributed by atoms with Gasteiger partial charge in [-0.1, -0.05) is 12.1 Å². The van der Waals surface area contributed by atoms with E-state index in [2.05, 4.69) is 5.32 Å². The summed E-state index contributed by atoms with van der Waals surface area (Å²) in [5, 5.41) is 10.5. The second-order valence-corrected chi connectivity index (χ2v) is 8.37. The van der Waals surface area contributed by atoms with Crippen molar-refractivity contribution >= 4 is 34.9 Å². The molecule has 0 saturated carbocycles. The number of likely N-dealkylation sites (tertiary alicyclic amines) is 1. The first kappa shape index (κ1) is 21.7. The third kappa shape index (κ3) is 4.13. The quantitative estimate of drug-likeness (QED) is 0.368. The highest BCUT2D eigenvalue weighted by Crippen LogP contribution is 2.32. The number of anilines is 1. The number of carbonyl (C=O) groups is 3. The Bertz CT molecular complexity index is 1070. The van der Waals surface area contributed by atoms with Crippen LogP contribution in [0.3, 0.4) is 0 Å². The summed E-state index contributed by atoms with van der Waals surface area (Å²) < 4.78 is 0.0480. The summed E-state index contributed by atoms with van der Waals surface area (Å²) in [7, 11) is 0. The van der Waals surface area contributed by atoms with E-state index in [1.165, 1.54) is 0 Å². The molecule has 8 nitrogen and oxygen atoms in total. The summed E-state index contributed by atoms with van der Waals surface area (Å²) in [6.07, 6.45) is 3.69. The summed E-state index contributed by atoms with van der Waals surface area (Å²) in [6, 6.07) is 14.1. The summed E-state index contributed by atoms with van der Waals surface area (Å²) in [6.45, 7) is 1.46. The van der Waals surface area contributed by atoms with Gasteiger partial charge in [-0.05, 0) is 37.1 Å². The van der Waals surface area contributed by atoms with Gasteiger partial charge in [-0.3, -0.25) is 15.0 Å². The molecule has 2 aromatic carbocycles. The Morgan fingerprint density at radius 2 is 1.78 bits per heavy atom. The number of rotatable bonds is 6. The summed E-state index contributed by atoms with van der Waals surface area (Å²) >= 11 is 0. The molecule has 32 heavy (non-hydrogen) atoms. The molecule has 2 saturated heterocycles. The van der Waals surface area contributed by atoms with Gasteiger partial charge in [0.2, 0.25) is 5.91 Å². The van der Waals surface area contributed by atoms with Crippen molar-refractivity contribution in [2.45, 2.75) is 32.1 Å². The monoisotopic (exact) mass is 434 g/mol. The van der Waals surface area contributed by atoms with E-state index in [1.807, 2.05) is 24.3 Å². The van der Waals surface area contributed by atoms with E-state index in [-0.39, 0.29) is 34.7 Å². The molecular formula is C24H28N5O3+. The molecular weight excluding hydrogens is 406 g/mol. The lowest BCUT2D eigenvalue weighted by Crippen LogP contribution is -2.56. The molecule has 4 N–H and O–H groups in total. The van der Waals surface area contributed by atoms with Gasteiger partial charge in [0, 0.05) is 48.3 Å². The SMILES string of the molecule is N=C(N)c1cccc(C(=O)NC[N+]2(c3ccc(N4CCCCC4=O)cc3)CCCC2=O)c1. The minimum absolute atomic E-state index is 0.0480. The first-order chi connectivity index (χ1) is 15.4. The van der Waals surface area contributed by atoms with Gasteiger partial charge >= 0.3 is 5.91 Å². The molecule has 0 aliphatic carbocycles. The number of nitrogens with zero attached hydrogens (tertiary/aromatic N) is 2. The van der Waals surface area contributed by atoms with E-state index in [1.54, 1.807) is 29.2 Å². The van der Waals surface area contributed by atoms with Crippen LogP contribution in [0.1, 0.15) is 48.0 Å². The van der Waals surface area contributed by atoms with Crippen LogP contribution in [-0.4, -0.2) is 43.3 Å². The molecule has 2 heterocycles. The summed E-state index contributed by atoms with van der Waals surface area (Å²) in [5.41, 5.74) is 8.03. The Hall–Kier alpha value is -3.52. The summed E-state index contributed by atoms with van der Waals surface area (Å²) in [4.78, 5) is 39.7. The number of nitrogen functional groups attached to an aromatic ring is 1. The Kier molecular flexibility index (Phi) is 6.05. The van der Waals surface area contributed by atoms with Gasteiger partial charge in [0.25, 0.3) is 5.91 Å². The molecule has 0 radical (unpaired) electrons. The van der Waals surface area contributed by atoms with E-state index in [0.717, 1.165) is 30.6 Å². The van der Waals surface area contributed by atoms with Crippen LogP contribution in [-0.2, 0) is 9.59 Å². The lowest BCUT2D eigenvalue weighted by molar-refractivity contribution is -0.127. The number of nitrogens with two attached hydrogens (primary N) is 1. The van der Waals surface area contributed by atoms with Crippen molar-refractivity contribution in [1.29, 1.82) is 5.41 Å². The van der Waals surface area contributed by atoms with Gasteiger partial charge in [0.1, 0.15) is 11.5 Å². The molecule has 166 valence electrons. The molecule has 0 bridgehead atoms. The van der Waals surface area contributed by atoms with Crippen LogP contribution in [0.5, 0.6) is 0 Å². The largest absolute Gasteiger partial charge is 0.384 e. The number of quaternary nitrogens is 1. The predicted octanol–water partition coefficient (Wildman–Crippen LogP) is 2.50. The van der Waals surface area contributed by atoms with Crippen molar-refractivity contribution in [2.24, 2.45) is 5.73 Å². The molecule has 3 amide bonds. The van der Waals surface area contributed by atoms with Gasteiger partial charge in [-0.25, -0.2) is 9.28 Å². The van der Waals surface area contributed by atoms with Crippen LogP contribution < -0.4 is 20.4 Å².